The maximum atomic E-state index is 12.8. The summed E-state index contributed by atoms with van der Waals surface area (Å²) in [5.41, 5.74) is 1.96. The Labute approximate surface area is 207 Å². The van der Waals surface area contributed by atoms with Crippen molar-refractivity contribution in [2.75, 3.05) is 0 Å². The Kier molecular flexibility index (Phi) is 7.80. The Morgan fingerprint density at radius 3 is 2.36 bits per heavy atom. The number of carbonyl (C=O) groups is 1. The molecule has 2 aromatic carbocycles. The number of nitrogens with zero attached hydrogens (tertiary/aromatic N) is 1. The summed E-state index contributed by atoms with van der Waals surface area (Å²) in [6.45, 7) is 3.95. The standard InChI is InChI=1S/C27H28F3NO5/c1-16-5-3-6-19(24(16)26(32)33)14-34-21-7-4-8-22(13-21)35-15-23-17(2)36-25(31-23)18-9-11-20(12-10-18)27(28,29)30/h3,5-6,9-12,21-22H,4,7-8,13-15H2,1-2H3,(H,32,33)/t21-,22+/m1/s1. The molecule has 9 heteroatoms. The minimum Gasteiger partial charge on any atom is -0.478 e. The summed E-state index contributed by atoms with van der Waals surface area (Å²) in [6.07, 6.45) is -1.16. The zero-order valence-corrected chi connectivity index (χ0v) is 20.1. The minimum atomic E-state index is -4.40. The molecule has 1 aromatic heterocycles. The zero-order valence-electron chi connectivity index (χ0n) is 20.1. The summed E-state index contributed by atoms with van der Waals surface area (Å²) >= 11 is 0. The molecule has 3 aromatic rings. The van der Waals surface area contributed by atoms with Gasteiger partial charge in [0.1, 0.15) is 11.5 Å². The third-order valence-corrected chi connectivity index (χ3v) is 6.43. The van der Waals surface area contributed by atoms with Gasteiger partial charge in [0.15, 0.2) is 0 Å². The van der Waals surface area contributed by atoms with Crippen LogP contribution in [0.15, 0.2) is 46.9 Å². The number of aryl methyl sites for hydroxylation is 2. The van der Waals surface area contributed by atoms with Gasteiger partial charge in [0.25, 0.3) is 0 Å². The number of oxazole rings is 1. The lowest BCUT2D eigenvalue weighted by molar-refractivity contribution is -0.137. The largest absolute Gasteiger partial charge is 0.478 e. The van der Waals surface area contributed by atoms with Gasteiger partial charge in [-0.05, 0) is 74.9 Å². The van der Waals surface area contributed by atoms with Gasteiger partial charge in [-0.3, -0.25) is 0 Å². The van der Waals surface area contributed by atoms with Crippen molar-refractivity contribution in [3.63, 3.8) is 0 Å². The molecule has 0 amide bonds. The molecule has 0 saturated heterocycles. The van der Waals surface area contributed by atoms with E-state index < -0.39 is 17.7 Å². The Morgan fingerprint density at radius 2 is 1.72 bits per heavy atom. The maximum Gasteiger partial charge on any atom is 0.416 e. The van der Waals surface area contributed by atoms with Crippen molar-refractivity contribution in [2.45, 2.75) is 71.1 Å². The van der Waals surface area contributed by atoms with E-state index in [1.165, 1.54) is 12.1 Å². The molecule has 192 valence electrons. The summed E-state index contributed by atoms with van der Waals surface area (Å²) in [7, 11) is 0. The number of carboxylic acids is 1. The SMILES string of the molecule is Cc1cccc(CO[C@@H]2CCC[C@H](OCc3nc(-c4ccc(C(F)(F)F)cc4)oc3C)C2)c1C(=O)O. The van der Waals surface area contributed by atoms with Crippen molar-refractivity contribution < 1.29 is 37.0 Å². The molecule has 1 N–H and O–H groups in total. The Bertz CT molecular complexity index is 1200. The fraction of sp³-hybridized carbons (Fsp3) is 0.407. The van der Waals surface area contributed by atoms with Crippen LogP contribution in [0.5, 0.6) is 0 Å². The van der Waals surface area contributed by atoms with Gasteiger partial charge in [0.05, 0.1) is 36.5 Å². The number of hydrogen-bond acceptors (Lipinski definition) is 5. The summed E-state index contributed by atoms with van der Waals surface area (Å²) in [5.74, 6) is -0.165. The molecule has 1 fully saturated rings. The third-order valence-electron chi connectivity index (χ3n) is 6.43. The van der Waals surface area contributed by atoms with Crippen molar-refractivity contribution >= 4 is 5.97 Å². The molecule has 0 spiro atoms. The second-order valence-electron chi connectivity index (χ2n) is 9.04. The lowest BCUT2D eigenvalue weighted by Gasteiger charge is -2.29. The molecule has 2 atom stereocenters. The Balaban J connectivity index is 1.33. The molecule has 4 rings (SSSR count). The van der Waals surface area contributed by atoms with E-state index in [0.29, 0.717) is 34.6 Å². The van der Waals surface area contributed by atoms with Crippen LogP contribution in [-0.2, 0) is 28.9 Å². The van der Waals surface area contributed by atoms with Crippen molar-refractivity contribution in [2.24, 2.45) is 0 Å². The highest BCUT2D eigenvalue weighted by Gasteiger charge is 2.30. The van der Waals surface area contributed by atoms with Crippen LogP contribution in [0.1, 0.15) is 64.2 Å². The van der Waals surface area contributed by atoms with Gasteiger partial charge >= 0.3 is 12.1 Å². The molecule has 1 aliphatic rings. The third kappa shape index (κ3) is 6.14. The number of benzene rings is 2. The van der Waals surface area contributed by atoms with Gasteiger partial charge in [0, 0.05) is 5.56 Å². The number of aromatic carboxylic acids is 1. The average Bonchev–Trinajstić information content (AvgIpc) is 3.21. The van der Waals surface area contributed by atoms with Crippen LogP contribution < -0.4 is 0 Å². The van der Waals surface area contributed by atoms with Crippen LogP contribution in [0, 0.1) is 13.8 Å². The topological polar surface area (TPSA) is 81.8 Å². The van der Waals surface area contributed by atoms with Gasteiger partial charge in [-0.2, -0.15) is 13.2 Å². The van der Waals surface area contributed by atoms with Crippen molar-refractivity contribution in [3.8, 4) is 11.5 Å². The van der Waals surface area contributed by atoms with E-state index in [4.69, 9.17) is 13.9 Å². The van der Waals surface area contributed by atoms with E-state index in [1.807, 2.05) is 6.07 Å². The van der Waals surface area contributed by atoms with E-state index in [-0.39, 0.29) is 36.9 Å². The first-order valence-electron chi connectivity index (χ1n) is 11.8. The van der Waals surface area contributed by atoms with Crippen LogP contribution in [0.4, 0.5) is 13.2 Å². The first-order chi connectivity index (χ1) is 17.1. The molecule has 0 aliphatic heterocycles. The molecule has 6 nitrogen and oxygen atoms in total. The highest BCUT2D eigenvalue weighted by molar-refractivity contribution is 5.91. The van der Waals surface area contributed by atoms with Crippen LogP contribution in [0.2, 0.25) is 0 Å². The van der Waals surface area contributed by atoms with Crippen LogP contribution in [0.3, 0.4) is 0 Å². The van der Waals surface area contributed by atoms with Crippen LogP contribution in [-0.4, -0.2) is 28.3 Å². The van der Waals surface area contributed by atoms with E-state index in [2.05, 4.69) is 4.98 Å². The number of rotatable bonds is 8. The number of halogens is 3. The monoisotopic (exact) mass is 503 g/mol. The molecule has 1 heterocycles. The first-order valence-corrected chi connectivity index (χ1v) is 11.8. The highest BCUT2D eigenvalue weighted by atomic mass is 19.4. The second kappa shape index (κ2) is 10.8. The van der Waals surface area contributed by atoms with E-state index in [0.717, 1.165) is 31.4 Å². The Morgan fingerprint density at radius 1 is 1.06 bits per heavy atom. The summed E-state index contributed by atoms with van der Waals surface area (Å²) in [5, 5.41) is 9.51. The summed E-state index contributed by atoms with van der Waals surface area (Å²) in [4.78, 5) is 16.0. The summed E-state index contributed by atoms with van der Waals surface area (Å²) < 4.78 is 56.2. The van der Waals surface area contributed by atoms with Crippen LogP contribution in [0.25, 0.3) is 11.5 Å². The molecule has 0 bridgehead atoms. The smallest absolute Gasteiger partial charge is 0.416 e. The van der Waals surface area contributed by atoms with E-state index in [1.54, 1.807) is 26.0 Å². The molecule has 0 unspecified atom stereocenters. The Hall–Kier alpha value is -3.17. The molecule has 1 aliphatic carbocycles. The fourth-order valence-corrected chi connectivity index (χ4v) is 4.45. The van der Waals surface area contributed by atoms with Crippen molar-refractivity contribution in [3.05, 3.63) is 76.2 Å². The zero-order chi connectivity index (χ0) is 25.9. The van der Waals surface area contributed by atoms with Crippen molar-refractivity contribution in [1.82, 2.24) is 4.98 Å². The second-order valence-corrected chi connectivity index (χ2v) is 9.04. The fourth-order valence-electron chi connectivity index (χ4n) is 4.45. The highest BCUT2D eigenvalue weighted by Crippen LogP contribution is 2.32. The minimum absolute atomic E-state index is 0.0491. The quantitative estimate of drug-likeness (QED) is 0.368. The number of carboxylic acid groups (broad SMARTS) is 1. The number of alkyl halides is 3. The predicted octanol–water partition coefficient (Wildman–Crippen LogP) is 6.72. The van der Waals surface area contributed by atoms with Gasteiger partial charge in [-0.1, -0.05) is 18.2 Å². The van der Waals surface area contributed by atoms with E-state index in [9.17, 15) is 23.1 Å². The molecular weight excluding hydrogens is 475 g/mol. The summed E-state index contributed by atoms with van der Waals surface area (Å²) in [6, 6.07) is 10.1. The van der Waals surface area contributed by atoms with Gasteiger partial charge in [-0.15, -0.1) is 0 Å². The molecular formula is C27H28F3NO5. The lowest BCUT2D eigenvalue weighted by atomic mass is 9.94. The molecule has 36 heavy (non-hydrogen) atoms. The normalized spacial score (nSPS) is 18.4. The predicted molar refractivity (Wildman–Crippen MR) is 125 cm³/mol. The molecule has 1 saturated carbocycles. The molecule has 0 radical (unpaired) electrons. The first kappa shape index (κ1) is 25.9. The number of aromatic nitrogens is 1. The van der Waals surface area contributed by atoms with Gasteiger partial charge < -0.3 is 19.0 Å². The average molecular weight is 504 g/mol. The van der Waals surface area contributed by atoms with Crippen molar-refractivity contribution in [1.29, 1.82) is 0 Å². The maximum absolute atomic E-state index is 12.8. The van der Waals surface area contributed by atoms with Gasteiger partial charge in [-0.25, -0.2) is 9.78 Å². The number of ether oxygens (including phenoxy) is 2. The van der Waals surface area contributed by atoms with E-state index >= 15 is 0 Å². The van der Waals surface area contributed by atoms with Gasteiger partial charge in [0.2, 0.25) is 5.89 Å². The lowest BCUT2D eigenvalue weighted by Crippen LogP contribution is -2.28. The van der Waals surface area contributed by atoms with Crippen LogP contribution >= 0.6 is 0 Å². The number of hydrogen-bond donors (Lipinski definition) is 1.